The molecular formula is C19H22N2O4. The quantitative estimate of drug-likeness (QED) is 0.819. The van der Waals surface area contributed by atoms with Gasteiger partial charge in [0.1, 0.15) is 12.4 Å². The number of hydrogen-bond acceptors (Lipinski definition) is 3. The lowest BCUT2D eigenvalue weighted by molar-refractivity contribution is -0.143. The van der Waals surface area contributed by atoms with E-state index in [-0.39, 0.29) is 11.9 Å². The number of fused-ring (bicyclic) bond motifs is 1. The van der Waals surface area contributed by atoms with Gasteiger partial charge in [-0.05, 0) is 35.7 Å². The Kier molecular flexibility index (Phi) is 5.38. The zero-order valence-corrected chi connectivity index (χ0v) is 14.0. The van der Waals surface area contributed by atoms with E-state index in [2.05, 4.69) is 5.32 Å². The molecule has 132 valence electrons. The molecule has 0 bridgehead atoms. The second kappa shape index (κ2) is 7.88. The van der Waals surface area contributed by atoms with Crippen LogP contribution in [-0.4, -0.2) is 48.2 Å². The van der Waals surface area contributed by atoms with Gasteiger partial charge in [-0.25, -0.2) is 4.79 Å². The number of carboxylic acid groups (broad SMARTS) is 1. The van der Waals surface area contributed by atoms with Crippen LogP contribution >= 0.6 is 0 Å². The average molecular weight is 342 g/mol. The molecule has 0 aliphatic carbocycles. The summed E-state index contributed by atoms with van der Waals surface area (Å²) >= 11 is 0. The van der Waals surface area contributed by atoms with E-state index in [4.69, 9.17) is 9.84 Å². The number of aliphatic carboxylic acids is 1. The first-order valence-electron chi connectivity index (χ1n) is 8.50. The third kappa shape index (κ3) is 4.41. The molecule has 3 rings (SSSR count). The fraction of sp³-hybridized carbons (Fsp3) is 0.368. The lowest BCUT2D eigenvalue weighted by Crippen LogP contribution is -2.46. The normalized spacial score (nSPS) is 15.1. The molecule has 6 nitrogen and oxygen atoms in total. The van der Waals surface area contributed by atoms with Crippen LogP contribution in [0.1, 0.15) is 12.8 Å². The van der Waals surface area contributed by atoms with Gasteiger partial charge in [-0.15, -0.1) is 0 Å². The number of carbonyl (C=O) groups excluding carboxylic acids is 1. The molecule has 1 fully saturated rings. The Labute approximate surface area is 146 Å². The molecule has 0 spiro atoms. The summed E-state index contributed by atoms with van der Waals surface area (Å²) in [6, 6.07) is 13.8. The Morgan fingerprint density at radius 2 is 1.84 bits per heavy atom. The summed E-state index contributed by atoms with van der Waals surface area (Å²) in [7, 11) is 0. The van der Waals surface area contributed by atoms with Crippen molar-refractivity contribution in [1.29, 1.82) is 0 Å². The van der Waals surface area contributed by atoms with Crippen LogP contribution in [0.4, 0.5) is 4.79 Å². The first-order valence-corrected chi connectivity index (χ1v) is 8.50. The second-order valence-corrected chi connectivity index (χ2v) is 6.19. The third-order valence-electron chi connectivity index (χ3n) is 4.50. The largest absolute Gasteiger partial charge is 0.492 e. The van der Waals surface area contributed by atoms with Gasteiger partial charge in [0.2, 0.25) is 0 Å². The van der Waals surface area contributed by atoms with Gasteiger partial charge in [0.15, 0.2) is 0 Å². The second-order valence-electron chi connectivity index (χ2n) is 6.19. The number of likely N-dealkylation sites (tertiary alicyclic amines) is 1. The molecule has 0 radical (unpaired) electrons. The summed E-state index contributed by atoms with van der Waals surface area (Å²) in [6.07, 6.45) is 1.02. The van der Waals surface area contributed by atoms with Crippen LogP contribution in [0.15, 0.2) is 42.5 Å². The topological polar surface area (TPSA) is 78.9 Å². The summed E-state index contributed by atoms with van der Waals surface area (Å²) in [5.41, 5.74) is 0. The van der Waals surface area contributed by atoms with Gasteiger partial charge in [-0.2, -0.15) is 0 Å². The van der Waals surface area contributed by atoms with Gasteiger partial charge >= 0.3 is 12.0 Å². The molecular weight excluding hydrogens is 320 g/mol. The van der Waals surface area contributed by atoms with E-state index in [0.29, 0.717) is 39.1 Å². The first kappa shape index (κ1) is 17.1. The van der Waals surface area contributed by atoms with E-state index in [1.165, 1.54) is 0 Å². The monoisotopic (exact) mass is 342 g/mol. The lowest BCUT2D eigenvalue weighted by atomic mass is 9.97. The highest BCUT2D eigenvalue weighted by Crippen LogP contribution is 2.20. The zero-order valence-electron chi connectivity index (χ0n) is 14.0. The molecule has 1 heterocycles. The Hall–Kier alpha value is -2.76. The Balaban J connectivity index is 1.40. The number of carbonyl (C=O) groups is 2. The third-order valence-corrected chi connectivity index (χ3v) is 4.50. The number of hydrogen-bond donors (Lipinski definition) is 2. The minimum Gasteiger partial charge on any atom is -0.492 e. The minimum atomic E-state index is -0.774. The van der Waals surface area contributed by atoms with Crippen molar-refractivity contribution in [3.05, 3.63) is 42.5 Å². The van der Waals surface area contributed by atoms with E-state index in [1.807, 2.05) is 42.5 Å². The van der Waals surface area contributed by atoms with Crippen LogP contribution < -0.4 is 10.1 Å². The number of amides is 2. The Morgan fingerprint density at radius 1 is 1.12 bits per heavy atom. The Bertz CT molecular complexity index is 754. The number of nitrogens with zero attached hydrogens (tertiary/aromatic N) is 1. The summed E-state index contributed by atoms with van der Waals surface area (Å²) in [5.74, 6) is -0.334. The van der Waals surface area contributed by atoms with Crippen molar-refractivity contribution in [3.63, 3.8) is 0 Å². The van der Waals surface area contributed by atoms with E-state index in [0.717, 1.165) is 16.5 Å². The molecule has 1 aliphatic rings. The van der Waals surface area contributed by atoms with Crippen molar-refractivity contribution in [2.45, 2.75) is 12.8 Å². The fourth-order valence-electron chi connectivity index (χ4n) is 3.03. The average Bonchev–Trinajstić information content (AvgIpc) is 2.65. The highest BCUT2D eigenvalue weighted by atomic mass is 16.5. The maximum Gasteiger partial charge on any atom is 0.317 e. The summed E-state index contributed by atoms with van der Waals surface area (Å²) < 4.78 is 5.69. The van der Waals surface area contributed by atoms with Crippen molar-refractivity contribution in [3.8, 4) is 5.75 Å². The molecule has 2 N–H and O–H groups in total. The Morgan fingerprint density at radius 3 is 2.56 bits per heavy atom. The van der Waals surface area contributed by atoms with E-state index in [9.17, 15) is 9.59 Å². The van der Waals surface area contributed by atoms with Crippen molar-refractivity contribution < 1.29 is 19.4 Å². The zero-order chi connectivity index (χ0) is 17.6. The van der Waals surface area contributed by atoms with Gasteiger partial charge < -0.3 is 20.1 Å². The number of rotatable bonds is 5. The SMILES string of the molecule is O=C(O)C1CCN(C(=O)NCCOc2ccc3ccccc3c2)CC1. The van der Waals surface area contributed by atoms with Gasteiger partial charge in [0.05, 0.1) is 12.5 Å². The van der Waals surface area contributed by atoms with E-state index in [1.54, 1.807) is 4.90 Å². The van der Waals surface area contributed by atoms with Crippen LogP contribution in [0.25, 0.3) is 10.8 Å². The van der Waals surface area contributed by atoms with Crippen molar-refractivity contribution in [2.24, 2.45) is 5.92 Å². The number of nitrogens with one attached hydrogen (secondary N) is 1. The van der Waals surface area contributed by atoms with E-state index < -0.39 is 5.97 Å². The van der Waals surface area contributed by atoms with Gasteiger partial charge in [0.25, 0.3) is 0 Å². The highest BCUT2D eigenvalue weighted by Gasteiger charge is 2.26. The van der Waals surface area contributed by atoms with Crippen LogP contribution in [0.5, 0.6) is 5.75 Å². The molecule has 1 saturated heterocycles. The maximum atomic E-state index is 12.1. The molecule has 0 aromatic heterocycles. The molecule has 25 heavy (non-hydrogen) atoms. The van der Waals surface area contributed by atoms with E-state index >= 15 is 0 Å². The minimum absolute atomic E-state index is 0.161. The van der Waals surface area contributed by atoms with Crippen LogP contribution in [0.2, 0.25) is 0 Å². The maximum absolute atomic E-state index is 12.1. The molecule has 0 saturated carbocycles. The van der Waals surface area contributed by atoms with Crippen LogP contribution in [-0.2, 0) is 4.79 Å². The van der Waals surface area contributed by atoms with Crippen molar-refractivity contribution >= 4 is 22.8 Å². The van der Waals surface area contributed by atoms with Crippen molar-refractivity contribution in [2.75, 3.05) is 26.2 Å². The van der Waals surface area contributed by atoms with Crippen molar-refractivity contribution in [1.82, 2.24) is 10.2 Å². The molecule has 2 amide bonds. The van der Waals surface area contributed by atoms with Gasteiger partial charge in [-0.1, -0.05) is 30.3 Å². The molecule has 0 atom stereocenters. The molecule has 0 unspecified atom stereocenters. The summed E-state index contributed by atoms with van der Waals surface area (Å²) in [4.78, 5) is 24.7. The smallest absolute Gasteiger partial charge is 0.317 e. The number of carboxylic acids is 1. The molecule has 6 heteroatoms. The number of benzene rings is 2. The predicted octanol–water partition coefficient (Wildman–Crippen LogP) is 2.72. The fourth-order valence-corrected chi connectivity index (χ4v) is 3.03. The standard InChI is InChI=1S/C19H22N2O4/c22-18(23)15-7-10-21(11-8-15)19(24)20-9-12-25-17-6-5-14-3-1-2-4-16(14)13-17/h1-6,13,15H,7-12H2,(H,20,24)(H,22,23). The molecule has 2 aromatic rings. The first-order chi connectivity index (χ1) is 12.1. The van der Waals surface area contributed by atoms with Gasteiger partial charge in [0, 0.05) is 13.1 Å². The van der Waals surface area contributed by atoms with Crippen LogP contribution in [0, 0.1) is 5.92 Å². The lowest BCUT2D eigenvalue weighted by Gasteiger charge is -2.30. The van der Waals surface area contributed by atoms with Gasteiger partial charge in [-0.3, -0.25) is 4.79 Å². The molecule has 2 aromatic carbocycles. The van der Waals surface area contributed by atoms with Crippen LogP contribution in [0.3, 0.4) is 0 Å². The highest BCUT2D eigenvalue weighted by molar-refractivity contribution is 5.83. The summed E-state index contributed by atoms with van der Waals surface area (Å²) in [5, 5.41) is 14.1. The predicted molar refractivity (Wildman–Crippen MR) is 94.8 cm³/mol. The number of urea groups is 1. The number of ether oxygens (including phenoxy) is 1. The molecule has 1 aliphatic heterocycles. The summed E-state index contributed by atoms with van der Waals surface area (Å²) in [6.45, 7) is 1.75. The number of piperidine rings is 1.